The molecule has 0 aliphatic carbocycles. The molecule has 2 heterocycles. The third-order valence-corrected chi connectivity index (χ3v) is 2.63. The summed E-state index contributed by atoms with van der Waals surface area (Å²) >= 11 is 0. The van der Waals surface area contributed by atoms with Crippen molar-refractivity contribution in [1.82, 2.24) is 15.6 Å². The van der Waals surface area contributed by atoms with E-state index < -0.39 is 0 Å². The van der Waals surface area contributed by atoms with Gasteiger partial charge < -0.3 is 15.1 Å². The van der Waals surface area contributed by atoms with Gasteiger partial charge in [-0.1, -0.05) is 0 Å². The highest BCUT2D eigenvalue weighted by Gasteiger charge is 2.17. The molecule has 15 heavy (non-hydrogen) atoms. The van der Waals surface area contributed by atoms with Gasteiger partial charge in [-0.05, 0) is 26.3 Å². The molecule has 1 saturated heterocycles. The Morgan fingerprint density at radius 3 is 3.27 bits per heavy atom. The molecular weight excluding hydrogens is 194 g/mol. The number of oxazole rings is 1. The molecule has 1 aliphatic rings. The van der Waals surface area contributed by atoms with Gasteiger partial charge in [0.15, 0.2) is 12.1 Å². The van der Waals surface area contributed by atoms with E-state index in [-0.39, 0.29) is 5.91 Å². The fraction of sp³-hybridized carbons (Fsp3) is 0.600. The van der Waals surface area contributed by atoms with Gasteiger partial charge in [-0.2, -0.15) is 0 Å². The van der Waals surface area contributed by atoms with Crippen LogP contribution in [0.1, 0.15) is 29.1 Å². The molecule has 0 radical (unpaired) electrons. The van der Waals surface area contributed by atoms with Gasteiger partial charge in [0.05, 0.1) is 0 Å². The minimum Gasteiger partial charge on any atom is -0.448 e. The van der Waals surface area contributed by atoms with Crippen molar-refractivity contribution in [3.05, 3.63) is 17.8 Å². The monoisotopic (exact) mass is 209 g/mol. The van der Waals surface area contributed by atoms with Gasteiger partial charge in [0.2, 0.25) is 0 Å². The molecule has 2 N–H and O–H groups in total. The van der Waals surface area contributed by atoms with Crippen molar-refractivity contribution in [2.75, 3.05) is 13.1 Å². The molecule has 5 nitrogen and oxygen atoms in total. The van der Waals surface area contributed by atoms with Crippen LogP contribution < -0.4 is 10.6 Å². The number of carbonyl (C=O) groups is 1. The van der Waals surface area contributed by atoms with Crippen LogP contribution in [0.4, 0.5) is 0 Å². The SMILES string of the molecule is Cc1ocnc1C(=O)NCC1CCCN1. The Morgan fingerprint density at radius 1 is 1.80 bits per heavy atom. The first-order chi connectivity index (χ1) is 7.27. The molecule has 1 unspecified atom stereocenters. The maximum Gasteiger partial charge on any atom is 0.273 e. The molecule has 1 aliphatic heterocycles. The summed E-state index contributed by atoms with van der Waals surface area (Å²) in [5.41, 5.74) is 0.382. The van der Waals surface area contributed by atoms with Gasteiger partial charge in [-0.3, -0.25) is 4.79 Å². The predicted octanol–water partition coefficient (Wildman–Crippen LogP) is 0.465. The Bertz CT molecular complexity index is 342. The van der Waals surface area contributed by atoms with E-state index in [0.29, 0.717) is 24.0 Å². The fourth-order valence-corrected chi connectivity index (χ4v) is 1.75. The summed E-state index contributed by atoms with van der Waals surface area (Å²) in [5.74, 6) is 0.404. The lowest BCUT2D eigenvalue weighted by Crippen LogP contribution is -2.37. The number of rotatable bonds is 3. The Balaban J connectivity index is 1.84. The second-order valence-electron chi connectivity index (χ2n) is 3.76. The number of nitrogens with zero attached hydrogens (tertiary/aromatic N) is 1. The lowest BCUT2D eigenvalue weighted by atomic mass is 10.2. The number of hydrogen-bond donors (Lipinski definition) is 2. The zero-order chi connectivity index (χ0) is 10.7. The average molecular weight is 209 g/mol. The summed E-state index contributed by atoms with van der Waals surface area (Å²) in [5, 5.41) is 6.16. The lowest BCUT2D eigenvalue weighted by Gasteiger charge is -2.10. The molecule has 1 aromatic heterocycles. The lowest BCUT2D eigenvalue weighted by molar-refractivity contribution is 0.0944. The summed E-state index contributed by atoms with van der Waals surface area (Å²) in [6.45, 7) is 3.43. The minimum atomic E-state index is -0.157. The van der Waals surface area contributed by atoms with Crippen LogP contribution in [0.2, 0.25) is 0 Å². The van der Waals surface area contributed by atoms with Crippen LogP contribution >= 0.6 is 0 Å². The molecule has 0 saturated carbocycles. The molecule has 2 rings (SSSR count). The third-order valence-electron chi connectivity index (χ3n) is 2.63. The van der Waals surface area contributed by atoms with E-state index >= 15 is 0 Å². The minimum absolute atomic E-state index is 0.157. The maximum absolute atomic E-state index is 11.6. The first kappa shape index (κ1) is 10.2. The molecule has 0 aromatic carbocycles. The Hall–Kier alpha value is -1.36. The molecule has 0 bridgehead atoms. The van der Waals surface area contributed by atoms with E-state index in [1.165, 1.54) is 12.8 Å². The Kier molecular flexibility index (Phi) is 3.01. The number of amides is 1. The van der Waals surface area contributed by atoms with Crippen LogP contribution in [0.15, 0.2) is 10.8 Å². The second-order valence-corrected chi connectivity index (χ2v) is 3.76. The van der Waals surface area contributed by atoms with Gasteiger partial charge in [0.1, 0.15) is 5.76 Å². The van der Waals surface area contributed by atoms with Crippen molar-refractivity contribution in [2.45, 2.75) is 25.8 Å². The van der Waals surface area contributed by atoms with E-state index in [1.807, 2.05) is 0 Å². The summed E-state index contributed by atoms with van der Waals surface area (Å²) in [6.07, 6.45) is 3.60. The fourth-order valence-electron chi connectivity index (χ4n) is 1.75. The molecule has 0 spiro atoms. The number of hydrogen-bond acceptors (Lipinski definition) is 4. The maximum atomic E-state index is 11.6. The molecule has 1 atom stereocenters. The van der Waals surface area contributed by atoms with Gasteiger partial charge in [0.25, 0.3) is 5.91 Å². The quantitative estimate of drug-likeness (QED) is 0.759. The molecule has 82 valence electrons. The van der Waals surface area contributed by atoms with Crippen LogP contribution in [-0.4, -0.2) is 30.0 Å². The van der Waals surface area contributed by atoms with Crippen molar-refractivity contribution >= 4 is 5.91 Å². The zero-order valence-corrected chi connectivity index (χ0v) is 8.75. The highest BCUT2D eigenvalue weighted by atomic mass is 16.3. The van der Waals surface area contributed by atoms with Crippen LogP contribution in [-0.2, 0) is 0 Å². The highest BCUT2D eigenvalue weighted by Crippen LogP contribution is 2.06. The van der Waals surface area contributed by atoms with Gasteiger partial charge in [-0.25, -0.2) is 4.98 Å². The molecule has 1 fully saturated rings. The zero-order valence-electron chi connectivity index (χ0n) is 8.75. The molecular formula is C10H15N3O2. The number of aromatic nitrogens is 1. The van der Waals surface area contributed by atoms with Crippen LogP contribution in [0, 0.1) is 6.92 Å². The summed E-state index contributed by atoms with van der Waals surface area (Å²) < 4.78 is 4.97. The number of carbonyl (C=O) groups excluding carboxylic acids is 1. The summed E-state index contributed by atoms with van der Waals surface area (Å²) in [7, 11) is 0. The van der Waals surface area contributed by atoms with E-state index in [4.69, 9.17) is 4.42 Å². The van der Waals surface area contributed by atoms with E-state index in [9.17, 15) is 4.79 Å². The smallest absolute Gasteiger partial charge is 0.273 e. The molecule has 1 aromatic rings. The van der Waals surface area contributed by atoms with Crippen molar-refractivity contribution < 1.29 is 9.21 Å². The topological polar surface area (TPSA) is 67.2 Å². The first-order valence-corrected chi connectivity index (χ1v) is 5.19. The number of aryl methyl sites for hydroxylation is 1. The van der Waals surface area contributed by atoms with Gasteiger partial charge in [0, 0.05) is 12.6 Å². The van der Waals surface area contributed by atoms with Crippen molar-refractivity contribution in [3.8, 4) is 0 Å². The van der Waals surface area contributed by atoms with E-state index in [1.54, 1.807) is 6.92 Å². The van der Waals surface area contributed by atoms with Gasteiger partial charge in [-0.15, -0.1) is 0 Å². The Labute approximate surface area is 88.3 Å². The average Bonchev–Trinajstić information content (AvgIpc) is 2.84. The van der Waals surface area contributed by atoms with Crippen LogP contribution in [0.3, 0.4) is 0 Å². The van der Waals surface area contributed by atoms with Crippen LogP contribution in [0.5, 0.6) is 0 Å². The highest BCUT2D eigenvalue weighted by molar-refractivity contribution is 5.93. The Morgan fingerprint density at radius 2 is 2.67 bits per heavy atom. The van der Waals surface area contributed by atoms with E-state index in [2.05, 4.69) is 15.6 Å². The van der Waals surface area contributed by atoms with Crippen molar-refractivity contribution in [1.29, 1.82) is 0 Å². The van der Waals surface area contributed by atoms with Crippen molar-refractivity contribution in [3.63, 3.8) is 0 Å². The largest absolute Gasteiger partial charge is 0.448 e. The molecule has 1 amide bonds. The van der Waals surface area contributed by atoms with Gasteiger partial charge >= 0.3 is 0 Å². The second kappa shape index (κ2) is 4.44. The summed E-state index contributed by atoms with van der Waals surface area (Å²) in [6, 6.07) is 0.404. The summed E-state index contributed by atoms with van der Waals surface area (Å²) in [4.78, 5) is 15.5. The normalized spacial score (nSPS) is 20.5. The predicted molar refractivity (Wildman–Crippen MR) is 54.6 cm³/mol. The number of nitrogens with one attached hydrogen (secondary N) is 2. The van der Waals surface area contributed by atoms with Crippen molar-refractivity contribution in [2.24, 2.45) is 0 Å². The van der Waals surface area contributed by atoms with Crippen LogP contribution in [0.25, 0.3) is 0 Å². The third kappa shape index (κ3) is 2.36. The molecule has 5 heteroatoms. The first-order valence-electron chi connectivity index (χ1n) is 5.19. The van der Waals surface area contributed by atoms with E-state index in [0.717, 1.165) is 13.0 Å². The standard InChI is InChI=1S/C10H15N3O2/c1-7-9(13-6-15-7)10(14)12-5-8-3-2-4-11-8/h6,8,11H,2-5H2,1H3,(H,12,14).